The SMILES string of the molecule is O=C(N/N=C1\CCSC1)c1cccc(S(=O)(=O)Nc2ccccc2Cl)c1. The molecular formula is C17H16ClN3O3S2. The van der Waals surface area contributed by atoms with E-state index >= 15 is 0 Å². The first-order valence-electron chi connectivity index (χ1n) is 7.77. The molecule has 0 bridgehead atoms. The monoisotopic (exact) mass is 409 g/mol. The van der Waals surface area contributed by atoms with Gasteiger partial charge in [-0.15, -0.1) is 0 Å². The normalized spacial score (nSPS) is 15.8. The Balaban J connectivity index is 1.78. The summed E-state index contributed by atoms with van der Waals surface area (Å²) in [6, 6.07) is 12.3. The summed E-state index contributed by atoms with van der Waals surface area (Å²) in [6.07, 6.45) is 0.848. The van der Waals surface area contributed by atoms with Crippen molar-refractivity contribution in [3.63, 3.8) is 0 Å². The van der Waals surface area contributed by atoms with Crippen LogP contribution in [0.2, 0.25) is 5.02 Å². The lowest BCUT2D eigenvalue weighted by Crippen LogP contribution is -2.20. The number of nitrogens with one attached hydrogen (secondary N) is 2. The van der Waals surface area contributed by atoms with E-state index in [0.717, 1.165) is 23.6 Å². The van der Waals surface area contributed by atoms with E-state index < -0.39 is 15.9 Å². The van der Waals surface area contributed by atoms with Crippen LogP contribution in [-0.2, 0) is 10.0 Å². The van der Waals surface area contributed by atoms with E-state index in [9.17, 15) is 13.2 Å². The van der Waals surface area contributed by atoms with E-state index in [1.165, 1.54) is 24.3 Å². The highest BCUT2D eigenvalue weighted by atomic mass is 35.5. The Labute approximate surface area is 161 Å². The minimum atomic E-state index is -3.88. The van der Waals surface area contributed by atoms with Crippen molar-refractivity contribution in [3.05, 3.63) is 59.1 Å². The topological polar surface area (TPSA) is 87.6 Å². The van der Waals surface area contributed by atoms with Crippen LogP contribution in [-0.4, -0.2) is 31.5 Å². The van der Waals surface area contributed by atoms with Crippen molar-refractivity contribution in [2.24, 2.45) is 5.10 Å². The van der Waals surface area contributed by atoms with Crippen molar-refractivity contribution in [1.29, 1.82) is 0 Å². The first kappa shape index (κ1) is 18.8. The number of hydrogen-bond donors (Lipinski definition) is 2. The third-order valence-corrected chi connectivity index (χ3v) is 6.37. The summed E-state index contributed by atoms with van der Waals surface area (Å²) in [5, 5.41) is 4.37. The van der Waals surface area contributed by atoms with E-state index in [1.54, 1.807) is 36.0 Å². The van der Waals surface area contributed by atoms with E-state index in [4.69, 9.17) is 11.6 Å². The zero-order valence-electron chi connectivity index (χ0n) is 13.6. The minimum Gasteiger partial charge on any atom is -0.278 e. The van der Waals surface area contributed by atoms with Gasteiger partial charge in [-0.1, -0.05) is 29.8 Å². The molecule has 136 valence electrons. The van der Waals surface area contributed by atoms with Crippen molar-refractivity contribution in [3.8, 4) is 0 Å². The molecule has 1 fully saturated rings. The highest BCUT2D eigenvalue weighted by Gasteiger charge is 2.18. The summed E-state index contributed by atoms with van der Waals surface area (Å²) < 4.78 is 27.6. The number of anilines is 1. The summed E-state index contributed by atoms with van der Waals surface area (Å²) in [5.74, 6) is 1.34. The van der Waals surface area contributed by atoms with Crippen molar-refractivity contribution >= 4 is 50.7 Å². The van der Waals surface area contributed by atoms with Gasteiger partial charge >= 0.3 is 0 Å². The largest absolute Gasteiger partial charge is 0.278 e. The van der Waals surface area contributed by atoms with Gasteiger partial charge in [0.05, 0.1) is 15.6 Å². The number of benzene rings is 2. The molecule has 2 aromatic carbocycles. The van der Waals surface area contributed by atoms with Gasteiger partial charge in [-0.2, -0.15) is 16.9 Å². The lowest BCUT2D eigenvalue weighted by Gasteiger charge is -2.10. The van der Waals surface area contributed by atoms with Crippen LogP contribution in [0, 0.1) is 0 Å². The molecule has 1 saturated heterocycles. The number of para-hydroxylation sites is 1. The Morgan fingerprint density at radius 3 is 2.69 bits per heavy atom. The van der Waals surface area contributed by atoms with Crippen LogP contribution in [0.4, 0.5) is 5.69 Å². The van der Waals surface area contributed by atoms with Gasteiger partial charge in [0.15, 0.2) is 0 Å². The van der Waals surface area contributed by atoms with Crippen molar-refractivity contribution in [2.45, 2.75) is 11.3 Å². The number of hydrogen-bond acceptors (Lipinski definition) is 5. The van der Waals surface area contributed by atoms with Crippen LogP contribution in [0.1, 0.15) is 16.8 Å². The maximum atomic E-state index is 12.6. The Kier molecular flexibility index (Phi) is 5.85. The van der Waals surface area contributed by atoms with Gasteiger partial charge in [-0.05, 0) is 42.5 Å². The second-order valence-corrected chi connectivity index (χ2v) is 8.73. The van der Waals surface area contributed by atoms with E-state index in [1.807, 2.05) is 0 Å². The summed E-state index contributed by atoms with van der Waals surface area (Å²) in [4.78, 5) is 12.2. The van der Waals surface area contributed by atoms with Crippen LogP contribution < -0.4 is 10.1 Å². The number of thioether (sulfide) groups is 1. The third kappa shape index (κ3) is 4.57. The first-order chi connectivity index (χ1) is 12.5. The zero-order valence-corrected chi connectivity index (χ0v) is 16.0. The van der Waals surface area contributed by atoms with Gasteiger partial charge in [0.1, 0.15) is 0 Å². The molecule has 1 aliphatic rings. The quantitative estimate of drug-likeness (QED) is 0.741. The van der Waals surface area contributed by atoms with Crippen LogP contribution in [0.25, 0.3) is 0 Å². The number of halogens is 1. The van der Waals surface area contributed by atoms with Crippen molar-refractivity contribution < 1.29 is 13.2 Å². The molecule has 1 heterocycles. The van der Waals surface area contributed by atoms with E-state index in [-0.39, 0.29) is 21.2 Å². The zero-order chi connectivity index (χ0) is 18.6. The molecule has 3 rings (SSSR count). The smallest absolute Gasteiger partial charge is 0.271 e. The molecule has 2 N–H and O–H groups in total. The van der Waals surface area contributed by atoms with Gasteiger partial charge in [-0.3, -0.25) is 9.52 Å². The predicted molar refractivity (Wildman–Crippen MR) is 106 cm³/mol. The van der Waals surface area contributed by atoms with Gasteiger partial charge in [0.2, 0.25) is 0 Å². The van der Waals surface area contributed by atoms with E-state index in [0.29, 0.717) is 0 Å². The molecule has 0 atom stereocenters. The Bertz CT molecular complexity index is 953. The van der Waals surface area contributed by atoms with Crippen LogP contribution in [0.3, 0.4) is 0 Å². The molecule has 26 heavy (non-hydrogen) atoms. The molecule has 0 unspecified atom stereocenters. The summed E-state index contributed by atoms with van der Waals surface area (Å²) in [5.41, 5.74) is 3.88. The fourth-order valence-corrected chi connectivity index (χ4v) is 4.62. The van der Waals surface area contributed by atoms with Crippen LogP contribution in [0.5, 0.6) is 0 Å². The molecular weight excluding hydrogens is 394 g/mol. The number of sulfonamides is 1. The molecule has 2 aromatic rings. The first-order valence-corrected chi connectivity index (χ1v) is 10.8. The molecule has 1 amide bonds. The second-order valence-electron chi connectivity index (χ2n) is 5.53. The summed E-state index contributed by atoms with van der Waals surface area (Å²) in [7, 11) is -3.88. The average Bonchev–Trinajstić information content (AvgIpc) is 3.15. The minimum absolute atomic E-state index is 0.0332. The number of rotatable bonds is 5. The molecule has 0 aliphatic carbocycles. The highest BCUT2D eigenvalue weighted by molar-refractivity contribution is 8.00. The lowest BCUT2D eigenvalue weighted by atomic mass is 10.2. The standard InChI is InChI=1S/C17H16ClN3O3S2/c18-15-6-1-2-7-16(15)21-26(23,24)14-5-3-4-12(10-14)17(22)20-19-13-8-9-25-11-13/h1-7,10,21H,8-9,11H2,(H,20,22)/b19-13+. The second kappa shape index (κ2) is 8.11. The fourth-order valence-electron chi connectivity index (χ4n) is 2.29. The Morgan fingerprint density at radius 2 is 1.96 bits per heavy atom. The van der Waals surface area contributed by atoms with Gasteiger partial charge in [0.25, 0.3) is 15.9 Å². The van der Waals surface area contributed by atoms with Gasteiger partial charge < -0.3 is 0 Å². The van der Waals surface area contributed by atoms with Gasteiger partial charge in [0, 0.05) is 17.0 Å². The molecule has 0 aromatic heterocycles. The highest BCUT2D eigenvalue weighted by Crippen LogP contribution is 2.24. The molecule has 1 aliphatic heterocycles. The average molecular weight is 410 g/mol. The molecule has 0 spiro atoms. The van der Waals surface area contributed by atoms with Crippen molar-refractivity contribution in [1.82, 2.24) is 5.43 Å². The lowest BCUT2D eigenvalue weighted by molar-refractivity contribution is 0.0954. The van der Waals surface area contributed by atoms with E-state index in [2.05, 4.69) is 15.2 Å². The number of carbonyl (C=O) groups is 1. The maximum absolute atomic E-state index is 12.6. The fraction of sp³-hybridized carbons (Fsp3) is 0.176. The number of carbonyl (C=O) groups excluding carboxylic acids is 1. The Hall–Kier alpha value is -2.03. The molecule has 9 heteroatoms. The van der Waals surface area contributed by atoms with Gasteiger partial charge in [-0.25, -0.2) is 13.8 Å². The number of amides is 1. The number of nitrogens with zero attached hydrogens (tertiary/aromatic N) is 1. The molecule has 6 nitrogen and oxygen atoms in total. The molecule has 0 saturated carbocycles. The molecule has 0 radical (unpaired) electrons. The number of hydrazone groups is 1. The summed E-state index contributed by atoms with van der Waals surface area (Å²) >= 11 is 7.75. The van der Waals surface area contributed by atoms with Crippen molar-refractivity contribution in [2.75, 3.05) is 16.2 Å². The maximum Gasteiger partial charge on any atom is 0.271 e. The van der Waals surface area contributed by atoms with Crippen LogP contribution in [0.15, 0.2) is 58.5 Å². The predicted octanol–water partition coefficient (Wildman–Crippen LogP) is 3.36. The van der Waals surface area contributed by atoms with Crippen LogP contribution >= 0.6 is 23.4 Å². The Morgan fingerprint density at radius 1 is 1.15 bits per heavy atom. The summed E-state index contributed by atoms with van der Waals surface area (Å²) in [6.45, 7) is 0. The third-order valence-electron chi connectivity index (χ3n) is 3.64.